The highest BCUT2D eigenvalue weighted by molar-refractivity contribution is 7.13. The summed E-state index contributed by atoms with van der Waals surface area (Å²) in [6, 6.07) is 1.97. The monoisotopic (exact) mass is 401 g/mol. The number of esters is 1. The van der Waals surface area contributed by atoms with Crippen LogP contribution in [-0.4, -0.2) is 17.0 Å². The first kappa shape index (κ1) is 20.2. The molecule has 0 fully saturated rings. The lowest BCUT2D eigenvalue weighted by Gasteiger charge is -2.14. The van der Waals surface area contributed by atoms with Gasteiger partial charge in [-0.2, -0.15) is 0 Å². The normalized spacial score (nSPS) is 13.5. The topological polar surface area (TPSA) is 121 Å². The van der Waals surface area contributed by atoms with Crippen LogP contribution in [0.4, 0.5) is 0 Å². The van der Waals surface area contributed by atoms with Crippen LogP contribution < -0.4 is 21.6 Å². The Morgan fingerprint density at radius 1 is 1.32 bits per heavy atom. The number of carbonyl (C=O) groups is 1. The summed E-state index contributed by atoms with van der Waals surface area (Å²) in [6.45, 7) is 7.06. The van der Waals surface area contributed by atoms with Crippen molar-refractivity contribution in [1.82, 2.24) is 4.98 Å². The van der Waals surface area contributed by atoms with E-state index in [1.165, 1.54) is 11.3 Å². The van der Waals surface area contributed by atoms with Gasteiger partial charge in [-0.1, -0.05) is 6.92 Å². The highest BCUT2D eigenvalue weighted by Crippen LogP contribution is 2.33. The van der Waals surface area contributed by atoms with E-state index < -0.39 is 18.1 Å². The van der Waals surface area contributed by atoms with Crippen molar-refractivity contribution in [1.29, 1.82) is 0 Å². The average Bonchev–Trinajstić information content (AvgIpc) is 3.06. The van der Waals surface area contributed by atoms with E-state index in [2.05, 4.69) is 4.98 Å². The second-order valence-corrected chi connectivity index (χ2v) is 7.63. The Morgan fingerprint density at radius 2 is 2.04 bits per heavy atom. The Hall–Kier alpha value is -2.55. The highest BCUT2D eigenvalue weighted by Gasteiger charge is 2.23. The molecule has 0 spiro atoms. The SMILES string of the molecule is CCc1cc2c(=O)c(-c3nc(C)cs3)c([C@H](C)N)oc2cc1OC(=O)[C@@H](C)N. The van der Waals surface area contributed by atoms with Gasteiger partial charge in [0.05, 0.1) is 17.0 Å². The van der Waals surface area contributed by atoms with Gasteiger partial charge >= 0.3 is 5.97 Å². The molecule has 2 heterocycles. The molecule has 3 rings (SSSR count). The second kappa shape index (κ2) is 7.83. The molecule has 0 saturated heterocycles. The lowest BCUT2D eigenvalue weighted by atomic mass is 10.0. The van der Waals surface area contributed by atoms with E-state index in [9.17, 15) is 9.59 Å². The van der Waals surface area contributed by atoms with Gasteiger partial charge < -0.3 is 20.6 Å². The zero-order chi connectivity index (χ0) is 20.6. The fourth-order valence-electron chi connectivity index (χ4n) is 2.85. The number of nitrogens with zero attached hydrogens (tertiary/aromatic N) is 1. The molecular formula is C20H23N3O4S. The van der Waals surface area contributed by atoms with Crippen molar-refractivity contribution in [2.24, 2.45) is 11.5 Å². The van der Waals surface area contributed by atoms with Crippen LogP contribution in [0.5, 0.6) is 5.75 Å². The third kappa shape index (κ3) is 3.71. The molecule has 0 bridgehead atoms. The summed E-state index contributed by atoms with van der Waals surface area (Å²) < 4.78 is 11.4. The van der Waals surface area contributed by atoms with Gasteiger partial charge in [-0.15, -0.1) is 11.3 Å². The van der Waals surface area contributed by atoms with Crippen LogP contribution in [0.1, 0.15) is 43.8 Å². The summed E-state index contributed by atoms with van der Waals surface area (Å²) >= 11 is 1.37. The first-order chi connectivity index (χ1) is 13.2. The molecule has 2 aromatic heterocycles. The fourth-order valence-corrected chi connectivity index (χ4v) is 3.69. The summed E-state index contributed by atoms with van der Waals surface area (Å²) in [5, 5.41) is 2.84. The van der Waals surface area contributed by atoms with Crippen molar-refractivity contribution in [3.63, 3.8) is 0 Å². The molecule has 3 aromatic rings. The summed E-state index contributed by atoms with van der Waals surface area (Å²) in [4.78, 5) is 29.7. The number of thiazole rings is 1. The van der Waals surface area contributed by atoms with E-state index in [0.29, 0.717) is 45.0 Å². The van der Waals surface area contributed by atoms with Crippen molar-refractivity contribution in [2.75, 3.05) is 0 Å². The number of hydrogen-bond donors (Lipinski definition) is 2. The molecule has 7 nitrogen and oxygen atoms in total. The first-order valence-electron chi connectivity index (χ1n) is 9.01. The Kier molecular flexibility index (Phi) is 5.64. The molecule has 0 aliphatic heterocycles. The van der Waals surface area contributed by atoms with E-state index in [-0.39, 0.29) is 5.43 Å². The van der Waals surface area contributed by atoms with E-state index in [1.807, 2.05) is 19.2 Å². The first-order valence-corrected chi connectivity index (χ1v) is 9.89. The second-order valence-electron chi connectivity index (χ2n) is 6.77. The van der Waals surface area contributed by atoms with Gasteiger partial charge in [-0.3, -0.25) is 4.79 Å². The van der Waals surface area contributed by atoms with Gasteiger partial charge in [0.2, 0.25) is 5.43 Å². The predicted molar refractivity (Wildman–Crippen MR) is 110 cm³/mol. The number of fused-ring (bicyclic) bond motifs is 1. The van der Waals surface area contributed by atoms with Crippen molar-refractivity contribution in [3.8, 4) is 16.3 Å². The molecule has 0 aliphatic rings. The Bertz CT molecular complexity index is 1100. The molecule has 1 aromatic carbocycles. The Labute approximate surface area is 166 Å². The van der Waals surface area contributed by atoms with Crippen LogP contribution >= 0.6 is 11.3 Å². The van der Waals surface area contributed by atoms with Gasteiger partial charge in [0.15, 0.2) is 0 Å². The summed E-state index contributed by atoms with van der Waals surface area (Å²) in [7, 11) is 0. The molecule has 28 heavy (non-hydrogen) atoms. The maximum Gasteiger partial charge on any atom is 0.328 e. The number of hydrogen-bond acceptors (Lipinski definition) is 8. The molecule has 0 saturated carbocycles. The van der Waals surface area contributed by atoms with Crippen LogP contribution in [-0.2, 0) is 11.2 Å². The van der Waals surface area contributed by atoms with Crippen molar-refractivity contribution in [2.45, 2.75) is 46.2 Å². The summed E-state index contributed by atoms with van der Waals surface area (Å²) in [6.07, 6.45) is 0.567. The molecule has 0 radical (unpaired) electrons. The summed E-state index contributed by atoms with van der Waals surface area (Å²) in [5.41, 5.74) is 13.7. The number of rotatable bonds is 5. The van der Waals surface area contributed by atoms with Gasteiger partial charge in [-0.25, -0.2) is 9.78 Å². The molecule has 8 heteroatoms. The van der Waals surface area contributed by atoms with E-state index >= 15 is 0 Å². The van der Waals surface area contributed by atoms with Crippen LogP contribution in [0.3, 0.4) is 0 Å². The highest BCUT2D eigenvalue weighted by atomic mass is 32.1. The largest absolute Gasteiger partial charge is 0.458 e. The summed E-state index contributed by atoms with van der Waals surface area (Å²) in [5.74, 6) is 0.119. The Balaban J connectivity index is 2.28. The molecule has 0 unspecified atom stereocenters. The number of aromatic nitrogens is 1. The molecular weight excluding hydrogens is 378 g/mol. The maximum absolute atomic E-state index is 13.3. The molecule has 148 valence electrons. The third-order valence-corrected chi connectivity index (χ3v) is 5.29. The molecule has 0 amide bonds. The van der Waals surface area contributed by atoms with Crippen molar-refractivity contribution < 1.29 is 13.9 Å². The minimum absolute atomic E-state index is 0.206. The zero-order valence-corrected chi connectivity index (χ0v) is 17.1. The lowest BCUT2D eigenvalue weighted by Crippen LogP contribution is -2.31. The third-order valence-electron chi connectivity index (χ3n) is 4.31. The van der Waals surface area contributed by atoms with Crippen LogP contribution in [0, 0.1) is 6.92 Å². The quantitative estimate of drug-likeness (QED) is 0.498. The molecule has 4 N–H and O–H groups in total. The van der Waals surface area contributed by atoms with Crippen LogP contribution in [0.2, 0.25) is 0 Å². The molecule has 0 aliphatic carbocycles. The number of carbonyl (C=O) groups excluding carboxylic acids is 1. The minimum atomic E-state index is -0.762. The molecule has 2 atom stereocenters. The number of benzene rings is 1. The Morgan fingerprint density at radius 3 is 2.57 bits per heavy atom. The van der Waals surface area contributed by atoms with Crippen molar-refractivity contribution in [3.05, 3.63) is 44.8 Å². The minimum Gasteiger partial charge on any atom is -0.458 e. The lowest BCUT2D eigenvalue weighted by molar-refractivity contribution is -0.135. The standard InChI is InChI=1S/C20H23N3O4S/c1-5-12-6-13-15(7-14(12)27-20(25)11(4)22)26-18(10(3)21)16(17(13)24)19-23-9(2)8-28-19/h6-8,10-11H,5,21-22H2,1-4H3/t10-,11+/m0/s1. The van der Waals surface area contributed by atoms with Gasteiger partial charge in [0, 0.05) is 17.1 Å². The number of ether oxygens (including phenoxy) is 1. The van der Waals surface area contributed by atoms with Crippen LogP contribution in [0.25, 0.3) is 21.5 Å². The van der Waals surface area contributed by atoms with E-state index in [1.54, 1.807) is 26.0 Å². The van der Waals surface area contributed by atoms with E-state index in [0.717, 1.165) is 5.69 Å². The van der Waals surface area contributed by atoms with Gasteiger partial charge in [0.1, 0.15) is 28.1 Å². The van der Waals surface area contributed by atoms with Gasteiger partial charge in [-0.05, 0) is 38.8 Å². The zero-order valence-electron chi connectivity index (χ0n) is 16.2. The number of nitrogens with two attached hydrogens (primary N) is 2. The van der Waals surface area contributed by atoms with Crippen molar-refractivity contribution >= 4 is 28.3 Å². The fraction of sp³-hybridized carbons (Fsp3) is 0.350. The number of aryl methyl sites for hydroxylation is 2. The smallest absolute Gasteiger partial charge is 0.328 e. The van der Waals surface area contributed by atoms with E-state index in [4.69, 9.17) is 20.6 Å². The predicted octanol–water partition coefficient (Wildman–Crippen LogP) is 3.06. The average molecular weight is 401 g/mol. The maximum atomic E-state index is 13.3. The van der Waals surface area contributed by atoms with Crippen LogP contribution in [0.15, 0.2) is 26.7 Å². The van der Waals surface area contributed by atoms with Gasteiger partial charge in [0.25, 0.3) is 0 Å².